The van der Waals surface area contributed by atoms with E-state index in [9.17, 15) is 4.79 Å². The molecule has 0 saturated carbocycles. The number of aryl methyl sites for hydroxylation is 2. The van der Waals surface area contributed by atoms with Crippen LogP contribution in [0, 0.1) is 13.8 Å². The fourth-order valence-electron chi connectivity index (χ4n) is 3.47. The molecule has 0 spiro atoms. The standard InChI is InChI=1S/C26H24BrN3O2S/c1-17-6-7-19(12-18(17)2)15-28-30-25(21-5-3-4-20(13-21)16-33-11-10-31)29-24-9-8-22(27)14-23(24)26(30)32/h3-9,12-15,31H,10-11,16H2,1-2H3. The lowest BCUT2D eigenvalue weighted by molar-refractivity contribution is 0.322. The van der Waals surface area contributed by atoms with E-state index in [2.05, 4.69) is 34.9 Å². The monoisotopic (exact) mass is 521 g/mol. The van der Waals surface area contributed by atoms with Gasteiger partial charge in [0.25, 0.3) is 5.56 Å². The van der Waals surface area contributed by atoms with E-state index >= 15 is 0 Å². The maximum atomic E-state index is 13.5. The highest BCUT2D eigenvalue weighted by Gasteiger charge is 2.13. The Morgan fingerprint density at radius 1 is 1.09 bits per heavy atom. The summed E-state index contributed by atoms with van der Waals surface area (Å²) in [5, 5.41) is 14.1. The van der Waals surface area contributed by atoms with Gasteiger partial charge in [-0.1, -0.05) is 52.3 Å². The molecule has 0 unspecified atom stereocenters. The van der Waals surface area contributed by atoms with Crippen LogP contribution in [-0.2, 0) is 5.75 Å². The number of benzene rings is 3. The maximum Gasteiger partial charge on any atom is 0.282 e. The summed E-state index contributed by atoms with van der Waals surface area (Å²) in [7, 11) is 0. The van der Waals surface area contributed by atoms with Crippen molar-refractivity contribution in [3.8, 4) is 11.4 Å². The number of halogens is 1. The van der Waals surface area contributed by atoms with Gasteiger partial charge >= 0.3 is 0 Å². The zero-order valence-electron chi connectivity index (χ0n) is 18.5. The van der Waals surface area contributed by atoms with Crippen LogP contribution in [0.4, 0.5) is 0 Å². The molecule has 0 radical (unpaired) electrons. The summed E-state index contributed by atoms with van der Waals surface area (Å²) in [6, 6.07) is 19.5. The lowest BCUT2D eigenvalue weighted by atomic mass is 10.1. The number of nitrogens with zero attached hydrogens (tertiary/aromatic N) is 3. The number of thioether (sulfide) groups is 1. The fourth-order valence-corrected chi connectivity index (χ4v) is 4.52. The number of aromatic nitrogens is 2. The first-order chi connectivity index (χ1) is 16.0. The first-order valence-corrected chi connectivity index (χ1v) is 12.5. The molecule has 4 rings (SSSR count). The van der Waals surface area contributed by atoms with E-state index in [0.29, 0.717) is 22.5 Å². The van der Waals surface area contributed by atoms with Gasteiger partial charge < -0.3 is 5.11 Å². The van der Waals surface area contributed by atoms with Gasteiger partial charge in [0, 0.05) is 21.5 Å². The molecule has 3 aromatic carbocycles. The molecule has 0 saturated heterocycles. The van der Waals surface area contributed by atoms with Crippen LogP contribution in [0.3, 0.4) is 0 Å². The summed E-state index contributed by atoms with van der Waals surface area (Å²) < 4.78 is 2.19. The van der Waals surface area contributed by atoms with Crippen molar-refractivity contribution in [2.45, 2.75) is 19.6 Å². The Hall–Kier alpha value is -2.74. The second kappa shape index (κ2) is 10.5. The van der Waals surface area contributed by atoms with Crippen LogP contribution in [0.5, 0.6) is 0 Å². The average molecular weight is 522 g/mol. The predicted octanol–water partition coefficient (Wildman–Crippen LogP) is 5.55. The van der Waals surface area contributed by atoms with Crippen LogP contribution in [-0.4, -0.2) is 33.3 Å². The van der Waals surface area contributed by atoms with Gasteiger partial charge in [-0.25, -0.2) is 4.98 Å². The normalized spacial score (nSPS) is 11.5. The lowest BCUT2D eigenvalue weighted by Crippen LogP contribution is -2.20. The van der Waals surface area contributed by atoms with Gasteiger partial charge in [0.2, 0.25) is 0 Å². The molecule has 5 nitrogen and oxygen atoms in total. The minimum Gasteiger partial charge on any atom is -0.396 e. The highest BCUT2D eigenvalue weighted by molar-refractivity contribution is 9.10. The molecule has 33 heavy (non-hydrogen) atoms. The number of aliphatic hydroxyl groups is 1. The summed E-state index contributed by atoms with van der Waals surface area (Å²) >= 11 is 5.11. The number of aliphatic hydroxyl groups excluding tert-OH is 1. The van der Waals surface area contributed by atoms with Crippen LogP contribution >= 0.6 is 27.7 Å². The van der Waals surface area contributed by atoms with E-state index in [0.717, 1.165) is 26.9 Å². The summed E-state index contributed by atoms with van der Waals surface area (Å²) in [4.78, 5) is 18.3. The molecule has 7 heteroatoms. The topological polar surface area (TPSA) is 67.5 Å². The molecule has 0 atom stereocenters. The number of hydrogen-bond acceptors (Lipinski definition) is 5. The minimum absolute atomic E-state index is 0.152. The molecule has 1 heterocycles. The fraction of sp³-hybridized carbons (Fsp3) is 0.192. The predicted molar refractivity (Wildman–Crippen MR) is 141 cm³/mol. The van der Waals surface area contributed by atoms with E-state index in [4.69, 9.17) is 10.1 Å². The van der Waals surface area contributed by atoms with E-state index < -0.39 is 0 Å². The Morgan fingerprint density at radius 2 is 1.94 bits per heavy atom. The molecule has 4 aromatic rings. The SMILES string of the molecule is Cc1ccc(C=Nn2c(-c3cccc(CSCCO)c3)nc3ccc(Br)cc3c2=O)cc1C. The molecule has 0 amide bonds. The van der Waals surface area contributed by atoms with Crippen molar-refractivity contribution in [3.05, 3.63) is 97.7 Å². The second-order valence-electron chi connectivity index (χ2n) is 7.78. The Morgan fingerprint density at radius 3 is 2.73 bits per heavy atom. The Balaban J connectivity index is 1.85. The van der Waals surface area contributed by atoms with Crippen LogP contribution < -0.4 is 5.56 Å². The zero-order chi connectivity index (χ0) is 23.4. The van der Waals surface area contributed by atoms with Gasteiger partial charge in [-0.15, -0.1) is 0 Å². The third kappa shape index (κ3) is 5.43. The number of hydrogen-bond donors (Lipinski definition) is 1. The van der Waals surface area contributed by atoms with E-state index in [-0.39, 0.29) is 12.2 Å². The molecule has 1 aromatic heterocycles. The van der Waals surface area contributed by atoms with Crippen molar-refractivity contribution >= 4 is 44.8 Å². The maximum absolute atomic E-state index is 13.5. The third-order valence-electron chi connectivity index (χ3n) is 5.35. The summed E-state index contributed by atoms with van der Waals surface area (Å²) in [6.45, 7) is 4.27. The molecular formula is C26H24BrN3O2S. The van der Waals surface area contributed by atoms with Gasteiger partial charge in [-0.05, 0) is 60.4 Å². The van der Waals surface area contributed by atoms with Crippen LogP contribution in [0.25, 0.3) is 22.3 Å². The van der Waals surface area contributed by atoms with Gasteiger partial charge in [-0.3, -0.25) is 4.79 Å². The molecular weight excluding hydrogens is 498 g/mol. The first kappa shape index (κ1) is 23.4. The smallest absolute Gasteiger partial charge is 0.282 e. The first-order valence-electron chi connectivity index (χ1n) is 10.6. The third-order valence-corrected chi connectivity index (χ3v) is 6.85. The highest BCUT2D eigenvalue weighted by atomic mass is 79.9. The molecule has 0 bridgehead atoms. The van der Waals surface area contributed by atoms with Gasteiger partial charge in [0.05, 0.1) is 23.7 Å². The molecule has 1 N–H and O–H groups in total. The molecule has 0 fully saturated rings. The quantitative estimate of drug-likeness (QED) is 0.255. The van der Waals surface area contributed by atoms with Crippen LogP contribution in [0.1, 0.15) is 22.3 Å². The molecule has 0 aliphatic heterocycles. The molecule has 0 aliphatic rings. The Labute approximate surface area is 205 Å². The van der Waals surface area contributed by atoms with Crippen molar-refractivity contribution < 1.29 is 5.11 Å². The minimum atomic E-state index is -0.226. The Kier molecular flexibility index (Phi) is 7.42. The lowest BCUT2D eigenvalue weighted by Gasteiger charge is -2.11. The highest BCUT2D eigenvalue weighted by Crippen LogP contribution is 2.24. The van der Waals surface area contributed by atoms with Gasteiger partial charge in [0.1, 0.15) is 0 Å². The zero-order valence-corrected chi connectivity index (χ0v) is 20.9. The Bertz CT molecular complexity index is 1400. The average Bonchev–Trinajstić information content (AvgIpc) is 2.81. The molecule has 0 aliphatic carbocycles. The van der Waals surface area contributed by atoms with Crippen LogP contribution in [0.2, 0.25) is 0 Å². The van der Waals surface area contributed by atoms with Crippen molar-refractivity contribution in [1.82, 2.24) is 9.66 Å². The second-order valence-corrected chi connectivity index (χ2v) is 9.80. The number of fused-ring (bicyclic) bond motifs is 1. The van der Waals surface area contributed by atoms with Crippen molar-refractivity contribution in [2.75, 3.05) is 12.4 Å². The van der Waals surface area contributed by atoms with E-state index in [1.54, 1.807) is 24.0 Å². The van der Waals surface area contributed by atoms with E-state index in [1.807, 2.05) is 54.6 Å². The summed E-state index contributed by atoms with van der Waals surface area (Å²) in [5.41, 5.74) is 5.60. The van der Waals surface area contributed by atoms with Crippen molar-refractivity contribution in [3.63, 3.8) is 0 Å². The summed E-state index contributed by atoms with van der Waals surface area (Å²) in [6.07, 6.45) is 1.70. The van der Waals surface area contributed by atoms with Crippen molar-refractivity contribution in [2.24, 2.45) is 5.10 Å². The van der Waals surface area contributed by atoms with Crippen LogP contribution in [0.15, 0.2) is 75.0 Å². The number of rotatable bonds is 7. The van der Waals surface area contributed by atoms with Gasteiger partial charge in [-0.2, -0.15) is 21.5 Å². The van der Waals surface area contributed by atoms with Crippen molar-refractivity contribution in [1.29, 1.82) is 0 Å². The summed E-state index contributed by atoms with van der Waals surface area (Å²) in [5.74, 6) is 1.94. The van der Waals surface area contributed by atoms with E-state index in [1.165, 1.54) is 15.8 Å². The molecule has 168 valence electrons. The largest absolute Gasteiger partial charge is 0.396 e. The van der Waals surface area contributed by atoms with Gasteiger partial charge in [0.15, 0.2) is 5.82 Å².